The van der Waals surface area contributed by atoms with Gasteiger partial charge in [-0.2, -0.15) is 0 Å². The van der Waals surface area contributed by atoms with Crippen LogP contribution in [0, 0.1) is 5.92 Å². The number of benzene rings is 1. The maximum absolute atomic E-state index is 12.9. The lowest BCUT2D eigenvalue weighted by Crippen LogP contribution is -2.37. The Kier molecular flexibility index (Phi) is 5.23. The van der Waals surface area contributed by atoms with Gasteiger partial charge in [0.1, 0.15) is 0 Å². The van der Waals surface area contributed by atoms with Crippen molar-refractivity contribution in [3.05, 3.63) is 66.1 Å². The summed E-state index contributed by atoms with van der Waals surface area (Å²) in [6.07, 6.45) is 3.79. The molecule has 0 radical (unpaired) electrons. The first-order chi connectivity index (χ1) is 13.6. The molecule has 3 heterocycles. The zero-order valence-corrected chi connectivity index (χ0v) is 16.0. The number of aromatic nitrogens is 4. The highest BCUT2D eigenvalue weighted by molar-refractivity contribution is 5.95. The molecular weight excluding hydrogens is 354 g/mol. The molecule has 1 aromatic carbocycles. The van der Waals surface area contributed by atoms with Crippen molar-refractivity contribution in [1.29, 1.82) is 0 Å². The van der Waals surface area contributed by atoms with Gasteiger partial charge < -0.3 is 9.88 Å². The molecular formula is C20H25N7O. The Hall–Kier alpha value is -2.97. The summed E-state index contributed by atoms with van der Waals surface area (Å²) >= 11 is 0. The standard InChI is InChI=1S/C20H25N7O/c1-14-17(15(2)23-22-14)12-21-19(28)18-20(26-10-6-7-11-26)27(25-24-18)13-16-8-4-3-5-9-16/h3-11,14-15,17,22-23H,12-13H2,1-2H3,(H,21,28). The van der Waals surface area contributed by atoms with Crippen LogP contribution in [0.1, 0.15) is 29.9 Å². The molecule has 4 rings (SSSR count). The van der Waals surface area contributed by atoms with E-state index in [1.807, 2.05) is 59.4 Å². The average Bonchev–Trinajstić information content (AvgIpc) is 3.42. The molecule has 3 N–H and O–H groups in total. The van der Waals surface area contributed by atoms with Crippen LogP contribution in [0.4, 0.5) is 0 Å². The molecule has 2 aromatic heterocycles. The lowest BCUT2D eigenvalue weighted by atomic mass is 9.97. The molecule has 1 amide bonds. The molecule has 0 spiro atoms. The van der Waals surface area contributed by atoms with E-state index in [-0.39, 0.29) is 18.0 Å². The number of rotatable bonds is 6. The molecule has 8 nitrogen and oxygen atoms in total. The van der Waals surface area contributed by atoms with Crippen molar-refractivity contribution in [3.63, 3.8) is 0 Å². The second-order valence-electron chi connectivity index (χ2n) is 7.24. The lowest BCUT2D eigenvalue weighted by molar-refractivity contribution is 0.0940. The van der Waals surface area contributed by atoms with Crippen molar-refractivity contribution in [3.8, 4) is 5.82 Å². The van der Waals surface area contributed by atoms with Crippen molar-refractivity contribution in [2.75, 3.05) is 6.54 Å². The van der Waals surface area contributed by atoms with Gasteiger partial charge in [0.2, 0.25) is 0 Å². The van der Waals surface area contributed by atoms with Crippen LogP contribution in [0.15, 0.2) is 54.9 Å². The van der Waals surface area contributed by atoms with Crippen LogP contribution in [0.2, 0.25) is 0 Å². The fraction of sp³-hybridized carbons (Fsp3) is 0.350. The number of hydrazine groups is 1. The fourth-order valence-corrected chi connectivity index (χ4v) is 3.61. The maximum atomic E-state index is 12.9. The Morgan fingerprint density at radius 1 is 1.07 bits per heavy atom. The van der Waals surface area contributed by atoms with E-state index in [0.29, 0.717) is 30.5 Å². The highest BCUT2D eigenvalue weighted by atomic mass is 16.2. The predicted octanol–water partition coefficient (Wildman–Crippen LogP) is 1.35. The van der Waals surface area contributed by atoms with E-state index in [0.717, 1.165) is 5.56 Å². The van der Waals surface area contributed by atoms with E-state index in [1.54, 1.807) is 4.68 Å². The summed E-state index contributed by atoms with van der Waals surface area (Å²) in [5.41, 5.74) is 7.84. The number of hydrogen-bond donors (Lipinski definition) is 3. The zero-order valence-electron chi connectivity index (χ0n) is 16.0. The molecule has 1 aliphatic rings. The molecule has 1 fully saturated rings. The van der Waals surface area contributed by atoms with Gasteiger partial charge in [-0.25, -0.2) is 4.68 Å². The average molecular weight is 379 g/mol. The van der Waals surface area contributed by atoms with Gasteiger partial charge in [0.15, 0.2) is 11.5 Å². The van der Waals surface area contributed by atoms with E-state index < -0.39 is 0 Å². The first-order valence-electron chi connectivity index (χ1n) is 9.53. The molecule has 8 heteroatoms. The van der Waals surface area contributed by atoms with Crippen LogP contribution in [-0.2, 0) is 6.54 Å². The summed E-state index contributed by atoms with van der Waals surface area (Å²) in [7, 11) is 0. The highest BCUT2D eigenvalue weighted by Gasteiger charge is 2.30. The van der Waals surface area contributed by atoms with Crippen LogP contribution in [-0.4, -0.2) is 44.1 Å². The molecule has 1 aliphatic heterocycles. The lowest BCUT2D eigenvalue weighted by Gasteiger charge is -2.18. The number of amides is 1. The molecule has 3 aromatic rings. The third kappa shape index (κ3) is 3.69. The Labute approximate surface area is 163 Å². The van der Waals surface area contributed by atoms with Gasteiger partial charge in [0, 0.05) is 36.9 Å². The van der Waals surface area contributed by atoms with E-state index in [9.17, 15) is 4.79 Å². The number of nitrogens with zero attached hydrogens (tertiary/aromatic N) is 4. The van der Waals surface area contributed by atoms with E-state index >= 15 is 0 Å². The molecule has 2 atom stereocenters. The maximum Gasteiger partial charge on any atom is 0.275 e. The zero-order chi connectivity index (χ0) is 19.5. The van der Waals surface area contributed by atoms with Crippen LogP contribution < -0.4 is 16.2 Å². The summed E-state index contributed by atoms with van der Waals surface area (Å²) in [5.74, 6) is 0.753. The summed E-state index contributed by atoms with van der Waals surface area (Å²) in [6.45, 7) is 5.32. The van der Waals surface area contributed by atoms with Crippen molar-refractivity contribution < 1.29 is 4.79 Å². The van der Waals surface area contributed by atoms with Crippen molar-refractivity contribution in [1.82, 2.24) is 35.7 Å². The second kappa shape index (κ2) is 7.95. The van der Waals surface area contributed by atoms with Gasteiger partial charge in [-0.15, -0.1) is 5.10 Å². The SMILES string of the molecule is CC1NNC(C)C1CNC(=O)c1nnn(Cc2ccccc2)c1-n1cccc1. The third-order valence-corrected chi connectivity index (χ3v) is 5.27. The number of nitrogens with one attached hydrogen (secondary N) is 3. The molecule has 146 valence electrons. The monoisotopic (exact) mass is 379 g/mol. The van der Waals surface area contributed by atoms with Gasteiger partial charge in [-0.05, 0) is 31.5 Å². The van der Waals surface area contributed by atoms with Gasteiger partial charge in [-0.1, -0.05) is 35.5 Å². The van der Waals surface area contributed by atoms with Crippen molar-refractivity contribution >= 4 is 5.91 Å². The van der Waals surface area contributed by atoms with Crippen LogP contribution >= 0.6 is 0 Å². The highest BCUT2D eigenvalue weighted by Crippen LogP contribution is 2.16. The van der Waals surface area contributed by atoms with Gasteiger partial charge in [0.05, 0.1) is 6.54 Å². The molecule has 0 aliphatic carbocycles. The Morgan fingerprint density at radius 2 is 1.75 bits per heavy atom. The first kappa shape index (κ1) is 18.4. The molecule has 1 saturated heterocycles. The van der Waals surface area contributed by atoms with Gasteiger partial charge >= 0.3 is 0 Å². The summed E-state index contributed by atoms with van der Waals surface area (Å²) in [6, 6.07) is 14.4. The molecule has 28 heavy (non-hydrogen) atoms. The third-order valence-electron chi connectivity index (χ3n) is 5.27. The quantitative estimate of drug-likeness (QED) is 0.602. The minimum atomic E-state index is -0.214. The summed E-state index contributed by atoms with van der Waals surface area (Å²) in [5, 5.41) is 11.5. The van der Waals surface area contributed by atoms with Gasteiger partial charge in [0.25, 0.3) is 5.91 Å². The predicted molar refractivity (Wildman–Crippen MR) is 106 cm³/mol. The van der Waals surface area contributed by atoms with Crippen LogP contribution in [0.5, 0.6) is 0 Å². The minimum Gasteiger partial charge on any atom is -0.350 e. The summed E-state index contributed by atoms with van der Waals surface area (Å²) in [4.78, 5) is 12.9. The van der Waals surface area contributed by atoms with E-state index in [4.69, 9.17) is 0 Å². The number of hydrogen-bond acceptors (Lipinski definition) is 5. The summed E-state index contributed by atoms with van der Waals surface area (Å²) < 4.78 is 3.63. The smallest absolute Gasteiger partial charge is 0.275 e. The van der Waals surface area contributed by atoms with Crippen molar-refractivity contribution in [2.45, 2.75) is 32.5 Å². The Balaban J connectivity index is 1.57. The van der Waals surface area contributed by atoms with Crippen molar-refractivity contribution in [2.24, 2.45) is 5.92 Å². The first-order valence-corrected chi connectivity index (χ1v) is 9.53. The Morgan fingerprint density at radius 3 is 2.43 bits per heavy atom. The van der Waals surface area contributed by atoms with Gasteiger partial charge in [-0.3, -0.25) is 15.6 Å². The fourth-order valence-electron chi connectivity index (χ4n) is 3.61. The largest absolute Gasteiger partial charge is 0.350 e. The molecule has 2 unspecified atom stereocenters. The van der Waals surface area contributed by atoms with Crippen LogP contribution in [0.3, 0.4) is 0 Å². The number of carbonyl (C=O) groups is 1. The Bertz CT molecular complexity index is 909. The second-order valence-corrected chi connectivity index (χ2v) is 7.24. The molecule has 0 bridgehead atoms. The molecule has 0 saturated carbocycles. The van der Waals surface area contributed by atoms with Crippen LogP contribution in [0.25, 0.3) is 5.82 Å². The van der Waals surface area contributed by atoms with E-state index in [1.165, 1.54) is 0 Å². The number of carbonyl (C=O) groups excluding carboxylic acids is 1. The topological polar surface area (TPSA) is 88.8 Å². The van der Waals surface area contributed by atoms with E-state index in [2.05, 4.69) is 40.3 Å². The normalized spacial score (nSPS) is 21.7. The minimum absolute atomic E-state index is 0.214.